The number of hydrogen-bond donors (Lipinski definition) is 2. The van der Waals surface area contributed by atoms with E-state index in [0.717, 1.165) is 17.2 Å². The summed E-state index contributed by atoms with van der Waals surface area (Å²) in [5.74, 6) is -2.34. The Labute approximate surface area is 157 Å². The van der Waals surface area contributed by atoms with Gasteiger partial charge in [0.05, 0.1) is 0 Å². The van der Waals surface area contributed by atoms with Crippen molar-refractivity contribution < 1.29 is 18.7 Å². The van der Waals surface area contributed by atoms with Crippen LogP contribution in [0, 0.1) is 18.6 Å². The number of aryl methyl sites for hydroxylation is 1. The minimum atomic E-state index is -1.54. The first-order valence-corrected chi connectivity index (χ1v) is 9.10. The molecule has 2 aromatic rings. The average Bonchev–Trinajstić information content (AvgIpc) is 2.63. The molecule has 1 atom stereocenters. The van der Waals surface area contributed by atoms with Crippen LogP contribution in [0.2, 0.25) is 0 Å². The van der Waals surface area contributed by atoms with Crippen LogP contribution >= 0.6 is 0 Å². The number of carbonyl (C=O) groups is 1. The summed E-state index contributed by atoms with van der Waals surface area (Å²) in [6.45, 7) is 3.01. The molecule has 1 fully saturated rings. The van der Waals surface area contributed by atoms with Gasteiger partial charge < -0.3 is 15.3 Å². The molecular weight excluding hydrogens is 350 g/mol. The van der Waals surface area contributed by atoms with Crippen molar-refractivity contribution in [3.63, 3.8) is 0 Å². The van der Waals surface area contributed by atoms with Crippen molar-refractivity contribution in [2.24, 2.45) is 0 Å². The smallest absolute Gasteiger partial charge is 0.256 e. The lowest BCUT2D eigenvalue weighted by Crippen LogP contribution is -2.57. The molecule has 1 amide bonds. The molecule has 3 rings (SSSR count). The predicted molar refractivity (Wildman–Crippen MR) is 98.8 cm³/mol. The zero-order valence-electron chi connectivity index (χ0n) is 15.3. The summed E-state index contributed by atoms with van der Waals surface area (Å²) in [6.07, 6.45) is 0.945. The zero-order chi connectivity index (χ0) is 19.4. The molecule has 0 radical (unpaired) electrons. The van der Waals surface area contributed by atoms with Gasteiger partial charge >= 0.3 is 0 Å². The van der Waals surface area contributed by atoms with E-state index in [1.807, 2.05) is 31.2 Å². The highest BCUT2D eigenvalue weighted by Crippen LogP contribution is 2.25. The predicted octanol–water partition coefficient (Wildman–Crippen LogP) is 2.92. The average molecular weight is 374 g/mol. The van der Waals surface area contributed by atoms with Gasteiger partial charge in [-0.25, -0.2) is 8.78 Å². The van der Waals surface area contributed by atoms with Gasteiger partial charge in [-0.1, -0.05) is 42.0 Å². The van der Waals surface area contributed by atoms with Crippen molar-refractivity contribution in [2.75, 3.05) is 13.1 Å². The third-order valence-corrected chi connectivity index (χ3v) is 4.93. The zero-order valence-corrected chi connectivity index (χ0v) is 15.3. The van der Waals surface area contributed by atoms with Crippen LogP contribution < -0.4 is 5.32 Å². The quantitative estimate of drug-likeness (QED) is 0.818. The van der Waals surface area contributed by atoms with Gasteiger partial charge in [-0.05, 0) is 31.4 Å². The number of carbonyl (C=O) groups excluding carboxylic acids is 1. The maximum Gasteiger partial charge on any atom is 0.256 e. The van der Waals surface area contributed by atoms with E-state index in [2.05, 4.69) is 5.32 Å². The number of amides is 1. The molecule has 1 heterocycles. The van der Waals surface area contributed by atoms with E-state index in [1.54, 1.807) is 0 Å². The Morgan fingerprint density at radius 3 is 2.78 bits per heavy atom. The summed E-state index contributed by atoms with van der Waals surface area (Å²) >= 11 is 0. The van der Waals surface area contributed by atoms with Gasteiger partial charge in [0, 0.05) is 31.7 Å². The number of piperidine rings is 1. The van der Waals surface area contributed by atoms with Gasteiger partial charge in [0.2, 0.25) is 0 Å². The fraction of sp³-hybridized carbons (Fsp3) is 0.381. The van der Waals surface area contributed by atoms with Crippen molar-refractivity contribution >= 4 is 5.91 Å². The molecule has 1 aliphatic heterocycles. The van der Waals surface area contributed by atoms with Crippen LogP contribution in [-0.2, 0) is 17.9 Å². The molecule has 6 heteroatoms. The first-order valence-electron chi connectivity index (χ1n) is 9.10. The molecule has 0 unspecified atom stereocenters. The highest BCUT2D eigenvalue weighted by Gasteiger charge is 2.41. The number of benzene rings is 2. The number of rotatable bonds is 6. The fourth-order valence-electron chi connectivity index (χ4n) is 3.49. The van der Waals surface area contributed by atoms with E-state index < -0.39 is 23.1 Å². The highest BCUT2D eigenvalue weighted by molar-refractivity contribution is 5.86. The molecule has 0 bridgehead atoms. The fourth-order valence-corrected chi connectivity index (χ4v) is 3.49. The molecule has 1 aliphatic rings. The van der Waals surface area contributed by atoms with Crippen molar-refractivity contribution in [3.05, 3.63) is 70.8 Å². The van der Waals surface area contributed by atoms with Crippen LogP contribution in [0.25, 0.3) is 0 Å². The van der Waals surface area contributed by atoms with Crippen LogP contribution in [0.4, 0.5) is 8.78 Å². The number of hydrogen-bond acceptors (Lipinski definition) is 3. The van der Waals surface area contributed by atoms with Crippen molar-refractivity contribution in [2.45, 2.75) is 38.5 Å². The minimum absolute atomic E-state index is 0.0530. The third-order valence-electron chi connectivity index (χ3n) is 4.93. The van der Waals surface area contributed by atoms with Crippen LogP contribution in [0.3, 0.4) is 0 Å². The van der Waals surface area contributed by atoms with Crippen molar-refractivity contribution in [1.82, 2.24) is 10.2 Å². The Morgan fingerprint density at radius 2 is 2.00 bits per heavy atom. The Kier molecular flexibility index (Phi) is 5.87. The SMILES string of the molecule is Cc1cccc(CNC[C@]2(O)CCCN(Cc3cccc(F)c3F)C2=O)c1. The largest absolute Gasteiger partial charge is 0.379 e. The van der Waals surface area contributed by atoms with E-state index in [1.165, 1.54) is 17.0 Å². The number of likely N-dealkylation sites (tertiary alicyclic amines) is 1. The Bertz CT molecular complexity index is 828. The lowest BCUT2D eigenvalue weighted by molar-refractivity contribution is -0.157. The normalized spacial score (nSPS) is 20.1. The van der Waals surface area contributed by atoms with Gasteiger partial charge in [-0.15, -0.1) is 0 Å². The molecule has 27 heavy (non-hydrogen) atoms. The first-order chi connectivity index (χ1) is 12.9. The second-order valence-corrected chi connectivity index (χ2v) is 7.17. The lowest BCUT2D eigenvalue weighted by atomic mass is 9.91. The van der Waals surface area contributed by atoms with Crippen LogP contribution in [-0.4, -0.2) is 34.6 Å². The Balaban J connectivity index is 1.63. The summed E-state index contributed by atoms with van der Waals surface area (Å²) in [5.41, 5.74) is 0.789. The second-order valence-electron chi connectivity index (χ2n) is 7.17. The molecule has 0 aliphatic carbocycles. The van der Waals surface area contributed by atoms with E-state index in [-0.39, 0.29) is 18.7 Å². The maximum absolute atomic E-state index is 13.9. The second kappa shape index (κ2) is 8.15. The lowest BCUT2D eigenvalue weighted by Gasteiger charge is -2.38. The van der Waals surface area contributed by atoms with Crippen LogP contribution in [0.1, 0.15) is 29.5 Å². The van der Waals surface area contributed by atoms with E-state index in [0.29, 0.717) is 25.9 Å². The van der Waals surface area contributed by atoms with Crippen LogP contribution in [0.15, 0.2) is 42.5 Å². The number of nitrogens with one attached hydrogen (secondary N) is 1. The number of aliphatic hydroxyl groups is 1. The van der Waals surface area contributed by atoms with Crippen LogP contribution in [0.5, 0.6) is 0 Å². The molecule has 144 valence electrons. The van der Waals surface area contributed by atoms with E-state index >= 15 is 0 Å². The van der Waals surface area contributed by atoms with Gasteiger partial charge in [0.25, 0.3) is 5.91 Å². The molecule has 0 aromatic heterocycles. The molecule has 0 saturated carbocycles. The summed E-state index contributed by atoms with van der Waals surface area (Å²) in [4.78, 5) is 14.2. The standard InChI is InChI=1S/C21H24F2N2O2/c1-15-5-2-6-16(11-15)12-24-14-21(27)9-4-10-25(20(21)26)13-17-7-3-8-18(22)19(17)23/h2-3,5-8,11,24,27H,4,9-10,12-14H2,1H3/t21-/m1/s1. The van der Waals surface area contributed by atoms with Gasteiger partial charge in [0.1, 0.15) is 0 Å². The summed E-state index contributed by atoms with van der Waals surface area (Å²) < 4.78 is 27.3. The molecular formula is C21H24F2N2O2. The van der Waals surface area contributed by atoms with Gasteiger partial charge in [-0.2, -0.15) is 0 Å². The highest BCUT2D eigenvalue weighted by atomic mass is 19.2. The Morgan fingerprint density at radius 1 is 1.22 bits per heavy atom. The monoisotopic (exact) mass is 374 g/mol. The van der Waals surface area contributed by atoms with Crippen molar-refractivity contribution in [3.8, 4) is 0 Å². The molecule has 2 N–H and O–H groups in total. The van der Waals surface area contributed by atoms with Gasteiger partial charge in [-0.3, -0.25) is 4.79 Å². The molecule has 4 nitrogen and oxygen atoms in total. The number of halogens is 2. The van der Waals surface area contributed by atoms with E-state index in [9.17, 15) is 18.7 Å². The summed E-state index contributed by atoms with van der Waals surface area (Å²) in [6, 6.07) is 11.9. The van der Waals surface area contributed by atoms with Crippen molar-refractivity contribution in [1.29, 1.82) is 0 Å². The number of nitrogens with zero attached hydrogens (tertiary/aromatic N) is 1. The molecule has 2 aromatic carbocycles. The third kappa shape index (κ3) is 4.51. The topological polar surface area (TPSA) is 52.6 Å². The maximum atomic E-state index is 13.9. The Hall–Kier alpha value is -2.31. The first kappa shape index (κ1) is 19.5. The van der Waals surface area contributed by atoms with Gasteiger partial charge in [0.15, 0.2) is 17.2 Å². The summed E-state index contributed by atoms with van der Waals surface area (Å²) in [7, 11) is 0. The minimum Gasteiger partial charge on any atom is -0.379 e. The molecule has 0 spiro atoms. The summed E-state index contributed by atoms with van der Waals surface area (Å²) in [5, 5.41) is 14.0. The van der Waals surface area contributed by atoms with E-state index in [4.69, 9.17) is 0 Å². The molecule has 1 saturated heterocycles.